The van der Waals surface area contributed by atoms with E-state index in [1.807, 2.05) is 31.2 Å². The van der Waals surface area contributed by atoms with Gasteiger partial charge in [-0.05, 0) is 65.6 Å². The maximum absolute atomic E-state index is 10.3. The number of fused-ring (bicyclic) bond motifs is 2. The molecule has 34 heavy (non-hydrogen) atoms. The highest BCUT2D eigenvalue weighted by atomic mass is 35.5. The van der Waals surface area contributed by atoms with Crippen molar-refractivity contribution in [1.82, 2.24) is 0 Å². The maximum atomic E-state index is 10.3. The lowest BCUT2D eigenvalue weighted by atomic mass is 9.66. The maximum Gasteiger partial charge on any atom is 0.231 e. The van der Waals surface area contributed by atoms with Crippen molar-refractivity contribution < 1.29 is 39.4 Å². The van der Waals surface area contributed by atoms with Gasteiger partial charge in [-0.25, -0.2) is 0 Å². The predicted octanol–water partition coefficient (Wildman–Crippen LogP) is 1.75. The number of halogens is 1. The molecule has 0 amide bonds. The van der Waals surface area contributed by atoms with Gasteiger partial charge >= 0.3 is 0 Å². The van der Waals surface area contributed by atoms with Crippen LogP contribution in [0.15, 0.2) is 30.3 Å². The molecule has 0 bridgehead atoms. The molecule has 5 rings (SSSR count). The number of hydrogen-bond acceptors (Lipinski definition) is 8. The SMILES string of the molecule is Cc1cc2c(cc1Cl)C(c1ccc3c(c1)OCO3)[C@H](CO[C@@H]1OC[C@@H](O)[C@H](O)[C@H]1O)[C@@H](CO)C2. The molecule has 1 aliphatic carbocycles. The molecule has 1 saturated heterocycles. The van der Waals surface area contributed by atoms with Crippen molar-refractivity contribution in [3.63, 3.8) is 0 Å². The van der Waals surface area contributed by atoms with E-state index in [0.717, 1.165) is 22.3 Å². The fourth-order valence-corrected chi connectivity index (χ4v) is 5.43. The summed E-state index contributed by atoms with van der Waals surface area (Å²) in [5, 5.41) is 41.0. The topological polar surface area (TPSA) is 118 Å². The van der Waals surface area contributed by atoms with Gasteiger partial charge in [-0.3, -0.25) is 0 Å². The van der Waals surface area contributed by atoms with E-state index in [4.69, 9.17) is 30.5 Å². The molecule has 4 N–H and O–H groups in total. The first-order chi connectivity index (χ1) is 16.4. The zero-order valence-corrected chi connectivity index (χ0v) is 19.5. The number of aliphatic hydroxyl groups is 4. The molecule has 9 heteroatoms. The molecule has 0 aromatic heterocycles. The van der Waals surface area contributed by atoms with Gasteiger partial charge in [0.25, 0.3) is 0 Å². The number of rotatable bonds is 5. The van der Waals surface area contributed by atoms with E-state index in [-0.39, 0.29) is 44.4 Å². The lowest BCUT2D eigenvalue weighted by Crippen LogP contribution is -2.54. The second-order valence-corrected chi connectivity index (χ2v) is 9.69. The summed E-state index contributed by atoms with van der Waals surface area (Å²) in [6.07, 6.45) is -4.35. The summed E-state index contributed by atoms with van der Waals surface area (Å²) in [5.41, 5.74) is 4.11. The fraction of sp³-hybridized carbons (Fsp3) is 0.520. The summed E-state index contributed by atoms with van der Waals surface area (Å²) in [6, 6.07) is 9.86. The van der Waals surface area contributed by atoms with E-state index >= 15 is 0 Å². The molecule has 2 aromatic carbocycles. The quantitative estimate of drug-likeness (QED) is 0.498. The Balaban J connectivity index is 1.50. The van der Waals surface area contributed by atoms with Crippen molar-refractivity contribution >= 4 is 11.6 Å². The molecule has 3 aliphatic rings. The van der Waals surface area contributed by atoms with Crippen LogP contribution >= 0.6 is 11.6 Å². The van der Waals surface area contributed by atoms with Crippen molar-refractivity contribution in [2.24, 2.45) is 11.8 Å². The van der Waals surface area contributed by atoms with Gasteiger partial charge in [0.2, 0.25) is 6.79 Å². The molecule has 7 atom stereocenters. The van der Waals surface area contributed by atoms with E-state index in [0.29, 0.717) is 22.9 Å². The van der Waals surface area contributed by atoms with Crippen LogP contribution in [0, 0.1) is 18.8 Å². The predicted molar refractivity (Wildman–Crippen MR) is 122 cm³/mol. The van der Waals surface area contributed by atoms with Crippen molar-refractivity contribution in [1.29, 1.82) is 0 Å². The zero-order valence-electron chi connectivity index (χ0n) is 18.8. The average molecular weight is 493 g/mol. The third-order valence-corrected chi connectivity index (χ3v) is 7.58. The van der Waals surface area contributed by atoms with Crippen LogP contribution in [0.1, 0.15) is 28.2 Å². The summed E-state index contributed by atoms with van der Waals surface area (Å²) < 4.78 is 22.5. The van der Waals surface area contributed by atoms with Crippen LogP contribution in [-0.4, -0.2) is 71.6 Å². The molecule has 2 aromatic rings. The Morgan fingerprint density at radius 1 is 1.06 bits per heavy atom. The van der Waals surface area contributed by atoms with Gasteiger partial charge in [-0.1, -0.05) is 23.7 Å². The van der Waals surface area contributed by atoms with E-state index in [9.17, 15) is 20.4 Å². The average Bonchev–Trinajstić information content (AvgIpc) is 3.30. The lowest BCUT2D eigenvalue weighted by Gasteiger charge is -2.41. The second kappa shape index (κ2) is 9.62. The summed E-state index contributed by atoms with van der Waals surface area (Å²) in [5.74, 6) is 0.853. The van der Waals surface area contributed by atoms with Crippen molar-refractivity contribution in [2.75, 3.05) is 26.6 Å². The molecular weight excluding hydrogens is 464 g/mol. The van der Waals surface area contributed by atoms with E-state index in [2.05, 4.69) is 6.07 Å². The van der Waals surface area contributed by atoms with Gasteiger partial charge in [-0.15, -0.1) is 0 Å². The minimum atomic E-state index is -1.38. The first-order valence-electron chi connectivity index (χ1n) is 11.4. The molecule has 8 nitrogen and oxygen atoms in total. The fourth-order valence-electron chi connectivity index (χ4n) is 5.26. The molecule has 2 heterocycles. The Kier molecular flexibility index (Phi) is 6.74. The van der Waals surface area contributed by atoms with E-state index in [1.165, 1.54) is 0 Å². The third kappa shape index (κ3) is 4.28. The van der Waals surface area contributed by atoms with Crippen LogP contribution in [0.5, 0.6) is 11.5 Å². The molecule has 184 valence electrons. The van der Waals surface area contributed by atoms with E-state index < -0.39 is 24.6 Å². The molecule has 0 spiro atoms. The Bertz CT molecular complexity index is 1050. The van der Waals surface area contributed by atoms with Crippen molar-refractivity contribution in [3.8, 4) is 11.5 Å². The van der Waals surface area contributed by atoms with Crippen LogP contribution < -0.4 is 9.47 Å². The molecule has 0 saturated carbocycles. The Morgan fingerprint density at radius 3 is 2.65 bits per heavy atom. The first-order valence-corrected chi connectivity index (χ1v) is 11.8. The Morgan fingerprint density at radius 2 is 1.85 bits per heavy atom. The molecule has 0 radical (unpaired) electrons. The highest BCUT2D eigenvalue weighted by molar-refractivity contribution is 6.31. The summed E-state index contributed by atoms with van der Waals surface area (Å²) in [4.78, 5) is 0. The van der Waals surface area contributed by atoms with Gasteiger partial charge < -0.3 is 39.4 Å². The number of aryl methyl sites for hydroxylation is 1. The Labute approximate surface area is 202 Å². The summed E-state index contributed by atoms with van der Waals surface area (Å²) >= 11 is 6.53. The smallest absolute Gasteiger partial charge is 0.231 e. The van der Waals surface area contributed by atoms with Gasteiger partial charge in [0.15, 0.2) is 17.8 Å². The van der Waals surface area contributed by atoms with Gasteiger partial charge in [-0.2, -0.15) is 0 Å². The highest BCUT2D eigenvalue weighted by Gasteiger charge is 2.42. The van der Waals surface area contributed by atoms with Crippen molar-refractivity contribution in [3.05, 3.63) is 57.6 Å². The van der Waals surface area contributed by atoms with Crippen LogP contribution in [0.2, 0.25) is 5.02 Å². The minimum Gasteiger partial charge on any atom is -0.454 e. The largest absolute Gasteiger partial charge is 0.454 e. The standard InChI is InChI=1S/C25H29ClO8/c1-12-4-14-5-15(8-27)17(9-31-25-24(30)23(29)19(28)10-32-25)22(16(14)7-18(12)26)13-2-3-20-21(6-13)34-11-33-20/h2-4,6-7,15,17,19,22-25,27-30H,5,8-11H2,1H3/t15-,17-,19-,22?,23+,24-,25-/m1/s1. The lowest BCUT2D eigenvalue weighted by molar-refractivity contribution is -0.274. The van der Waals surface area contributed by atoms with Crippen LogP contribution in [0.3, 0.4) is 0 Å². The normalized spacial score (nSPS) is 32.5. The van der Waals surface area contributed by atoms with Gasteiger partial charge in [0.05, 0.1) is 13.2 Å². The highest BCUT2D eigenvalue weighted by Crippen LogP contribution is 2.47. The minimum absolute atomic E-state index is 0.0500. The van der Waals surface area contributed by atoms with E-state index in [1.54, 1.807) is 0 Å². The van der Waals surface area contributed by atoms with Gasteiger partial charge in [0.1, 0.15) is 18.3 Å². The van der Waals surface area contributed by atoms with Gasteiger partial charge in [0, 0.05) is 17.5 Å². The van der Waals surface area contributed by atoms with Crippen LogP contribution in [-0.2, 0) is 15.9 Å². The monoisotopic (exact) mass is 492 g/mol. The molecule has 1 unspecified atom stereocenters. The first kappa shape index (κ1) is 23.8. The second-order valence-electron chi connectivity index (χ2n) is 9.28. The van der Waals surface area contributed by atoms with Crippen LogP contribution in [0.4, 0.5) is 0 Å². The Hall–Kier alpha value is -1.91. The zero-order chi connectivity index (χ0) is 24.0. The van der Waals surface area contributed by atoms with Crippen molar-refractivity contribution in [2.45, 2.75) is 43.9 Å². The molecule has 1 fully saturated rings. The number of benzene rings is 2. The number of ether oxygens (including phenoxy) is 4. The third-order valence-electron chi connectivity index (χ3n) is 7.17. The molecular formula is C25H29ClO8. The summed E-state index contributed by atoms with van der Waals surface area (Å²) in [6.45, 7) is 2.09. The molecule has 2 aliphatic heterocycles. The summed E-state index contributed by atoms with van der Waals surface area (Å²) in [7, 11) is 0. The van der Waals surface area contributed by atoms with Crippen LogP contribution in [0.25, 0.3) is 0 Å². The number of hydrogen-bond donors (Lipinski definition) is 4. The number of aliphatic hydroxyl groups excluding tert-OH is 4.